The average Bonchev–Trinajstić information content (AvgIpc) is 2.64. The SMILES string of the molecule is COc1c(CN2CCN(C(=O)O)CC2)cccc1CN1CCC(F)(F)CC1. The molecule has 2 aliphatic rings. The molecule has 2 saturated heterocycles. The van der Waals surface area contributed by atoms with Crippen LogP contribution in [0.4, 0.5) is 13.6 Å². The highest BCUT2D eigenvalue weighted by atomic mass is 19.3. The lowest BCUT2D eigenvalue weighted by atomic mass is 10.0. The largest absolute Gasteiger partial charge is 0.496 e. The number of ether oxygens (including phenoxy) is 1. The number of piperidine rings is 1. The van der Waals surface area contributed by atoms with E-state index in [2.05, 4.69) is 4.90 Å². The van der Waals surface area contributed by atoms with E-state index < -0.39 is 12.0 Å². The first kappa shape index (κ1) is 19.8. The van der Waals surface area contributed by atoms with Crippen molar-refractivity contribution >= 4 is 6.09 Å². The summed E-state index contributed by atoms with van der Waals surface area (Å²) in [6, 6.07) is 5.97. The van der Waals surface area contributed by atoms with Crippen LogP contribution in [0.5, 0.6) is 5.75 Å². The van der Waals surface area contributed by atoms with Crippen molar-refractivity contribution in [2.75, 3.05) is 46.4 Å². The molecule has 1 amide bonds. The molecule has 2 aliphatic heterocycles. The molecule has 0 radical (unpaired) electrons. The van der Waals surface area contributed by atoms with Gasteiger partial charge in [0.2, 0.25) is 0 Å². The Kier molecular flexibility index (Phi) is 6.16. The summed E-state index contributed by atoms with van der Waals surface area (Å²) in [6.07, 6.45) is -1.06. The van der Waals surface area contributed by atoms with Crippen molar-refractivity contribution in [1.82, 2.24) is 14.7 Å². The molecule has 0 aliphatic carbocycles. The number of amides is 1. The molecule has 2 heterocycles. The van der Waals surface area contributed by atoms with Gasteiger partial charge in [0.25, 0.3) is 5.92 Å². The van der Waals surface area contributed by atoms with Crippen LogP contribution in [0, 0.1) is 0 Å². The van der Waals surface area contributed by atoms with Gasteiger partial charge in [0.15, 0.2) is 0 Å². The summed E-state index contributed by atoms with van der Waals surface area (Å²) in [5, 5.41) is 9.06. The Balaban J connectivity index is 1.63. The van der Waals surface area contributed by atoms with Crippen LogP contribution in [-0.4, -0.2) is 78.2 Å². The molecule has 0 spiro atoms. The van der Waals surface area contributed by atoms with Gasteiger partial charge in [0.05, 0.1) is 7.11 Å². The maximum absolute atomic E-state index is 13.4. The minimum atomic E-state index is -2.54. The van der Waals surface area contributed by atoms with Crippen LogP contribution in [0.2, 0.25) is 0 Å². The smallest absolute Gasteiger partial charge is 0.407 e. The number of nitrogens with zero attached hydrogens (tertiary/aromatic N) is 3. The van der Waals surface area contributed by atoms with Gasteiger partial charge in [0.1, 0.15) is 5.75 Å². The van der Waals surface area contributed by atoms with Gasteiger partial charge in [-0.2, -0.15) is 0 Å². The zero-order valence-corrected chi connectivity index (χ0v) is 15.7. The molecule has 1 aromatic rings. The van der Waals surface area contributed by atoms with Crippen LogP contribution in [0.25, 0.3) is 0 Å². The van der Waals surface area contributed by atoms with Gasteiger partial charge in [-0.3, -0.25) is 9.80 Å². The molecule has 0 saturated carbocycles. The van der Waals surface area contributed by atoms with Gasteiger partial charge in [-0.15, -0.1) is 0 Å². The molecule has 1 N–H and O–H groups in total. The van der Waals surface area contributed by atoms with E-state index in [0.717, 1.165) is 16.9 Å². The normalized spacial score (nSPS) is 21.2. The first-order valence-corrected chi connectivity index (χ1v) is 9.33. The van der Waals surface area contributed by atoms with Crippen LogP contribution >= 0.6 is 0 Å². The van der Waals surface area contributed by atoms with Gasteiger partial charge in [-0.25, -0.2) is 13.6 Å². The fraction of sp³-hybridized carbons (Fsp3) is 0.632. The maximum atomic E-state index is 13.4. The molecule has 0 bridgehead atoms. The Morgan fingerprint density at radius 1 is 1.04 bits per heavy atom. The van der Waals surface area contributed by atoms with E-state index in [4.69, 9.17) is 9.84 Å². The monoisotopic (exact) mass is 383 g/mol. The van der Waals surface area contributed by atoms with Crippen molar-refractivity contribution in [2.24, 2.45) is 0 Å². The number of alkyl halides is 2. The molecule has 3 rings (SSSR count). The summed E-state index contributed by atoms with van der Waals surface area (Å²) in [6.45, 7) is 4.41. The number of rotatable bonds is 5. The summed E-state index contributed by atoms with van der Waals surface area (Å²) in [5.41, 5.74) is 2.05. The molecule has 150 valence electrons. The second-order valence-corrected chi connectivity index (χ2v) is 7.29. The summed E-state index contributed by atoms with van der Waals surface area (Å²) >= 11 is 0. The van der Waals surface area contributed by atoms with E-state index >= 15 is 0 Å². The zero-order chi connectivity index (χ0) is 19.4. The van der Waals surface area contributed by atoms with Crippen molar-refractivity contribution in [3.8, 4) is 5.75 Å². The molecule has 8 heteroatoms. The van der Waals surface area contributed by atoms with Crippen molar-refractivity contribution in [2.45, 2.75) is 31.9 Å². The third-order valence-electron chi connectivity index (χ3n) is 5.40. The van der Waals surface area contributed by atoms with Gasteiger partial charge < -0.3 is 14.7 Å². The molecular formula is C19H27F2N3O3. The quantitative estimate of drug-likeness (QED) is 0.847. The summed E-state index contributed by atoms with van der Waals surface area (Å²) in [5.74, 6) is -1.74. The molecule has 27 heavy (non-hydrogen) atoms. The zero-order valence-electron chi connectivity index (χ0n) is 15.7. The van der Waals surface area contributed by atoms with Crippen molar-refractivity contribution in [3.05, 3.63) is 29.3 Å². The standard InChI is InChI=1S/C19H27F2N3O3/c1-27-17-15(13-22-7-5-19(20,21)6-8-22)3-2-4-16(17)14-23-9-11-24(12-10-23)18(25)26/h2-4H,5-14H2,1H3,(H,25,26). The lowest BCUT2D eigenvalue weighted by Gasteiger charge is -2.34. The van der Waals surface area contributed by atoms with Gasteiger partial charge in [-0.05, 0) is 0 Å². The van der Waals surface area contributed by atoms with Crippen molar-refractivity contribution in [1.29, 1.82) is 0 Å². The number of benzene rings is 1. The van der Waals surface area contributed by atoms with E-state index in [9.17, 15) is 13.6 Å². The van der Waals surface area contributed by atoms with Crippen molar-refractivity contribution in [3.63, 3.8) is 0 Å². The van der Waals surface area contributed by atoms with Gasteiger partial charge in [0, 0.05) is 76.3 Å². The molecular weight excluding hydrogens is 356 g/mol. The van der Waals surface area contributed by atoms with E-state index in [-0.39, 0.29) is 12.8 Å². The fourth-order valence-corrected chi connectivity index (χ4v) is 3.77. The van der Waals surface area contributed by atoms with E-state index in [1.807, 2.05) is 23.1 Å². The van der Waals surface area contributed by atoms with Crippen LogP contribution in [0.3, 0.4) is 0 Å². The van der Waals surface area contributed by atoms with Gasteiger partial charge >= 0.3 is 6.09 Å². The average molecular weight is 383 g/mol. The number of methoxy groups -OCH3 is 1. The van der Waals surface area contributed by atoms with Crippen LogP contribution < -0.4 is 4.74 Å². The Morgan fingerprint density at radius 3 is 2.04 bits per heavy atom. The third kappa shape index (κ3) is 5.07. The minimum absolute atomic E-state index is 0.0944. The van der Waals surface area contributed by atoms with E-state index in [1.54, 1.807) is 7.11 Å². The van der Waals surface area contributed by atoms with Crippen LogP contribution in [-0.2, 0) is 13.1 Å². The Morgan fingerprint density at radius 2 is 1.56 bits per heavy atom. The highest BCUT2D eigenvalue weighted by Gasteiger charge is 2.34. The van der Waals surface area contributed by atoms with E-state index in [1.165, 1.54) is 4.90 Å². The summed E-state index contributed by atoms with van der Waals surface area (Å²) < 4.78 is 32.4. The molecule has 6 nitrogen and oxygen atoms in total. The molecule has 1 aromatic carbocycles. The first-order chi connectivity index (χ1) is 12.9. The Bertz CT molecular complexity index is 654. The molecule has 0 unspecified atom stereocenters. The number of carboxylic acid groups (broad SMARTS) is 1. The fourth-order valence-electron chi connectivity index (χ4n) is 3.77. The minimum Gasteiger partial charge on any atom is -0.496 e. The third-order valence-corrected chi connectivity index (χ3v) is 5.40. The molecule has 0 aromatic heterocycles. The van der Waals surface area contributed by atoms with Crippen LogP contribution in [0.15, 0.2) is 18.2 Å². The number of likely N-dealkylation sites (tertiary alicyclic amines) is 1. The lowest BCUT2D eigenvalue weighted by molar-refractivity contribution is -0.0567. The molecule has 2 fully saturated rings. The first-order valence-electron chi connectivity index (χ1n) is 9.33. The topological polar surface area (TPSA) is 56.3 Å². The van der Waals surface area contributed by atoms with E-state index in [0.29, 0.717) is 52.4 Å². The Labute approximate surface area is 158 Å². The number of carbonyl (C=O) groups is 1. The number of hydrogen-bond donors (Lipinski definition) is 1. The summed E-state index contributed by atoms with van der Waals surface area (Å²) in [4.78, 5) is 16.7. The highest BCUT2D eigenvalue weighted by Crippen LogP contribution is 2.31. The highest BCUT2D eigenvalue weighted by molar-refractivity contribution is 5.65. The number of piperazine rings is 1. The lowest BCUT2D eigenvalue weighted by Crippen LogP contribution is -2.47. The van der Waals surface area contributed by atoms with Gasteiger partial charge in [-0.1, -0.05) is 18.2 Å². The maximum Gasteiger partial charge on any atom is 0.407 e. The van der Waals surface area contributed by atoms with Crippen LogP contribution in [0.1, 0.15) is 24.0 Å². The second kappa shape index (κ2) is 8.39. The number of para-hydroxylation sites is 1. The second-order valence-electron chi connectivity index (χ2n) is 7.29. The predicted molar refractivity (Wildman–Crippen MR) is 97.3 cm³/mol. The molecule has 0 atom stereocenters. The number of halogens is 2. The van der Waals surface area contributed by atoms with Crippen molar-refractivity contribution < 1.29 is 23.4 Å². The number of hydrogen-bond acceptors (Lipinski definition) is 4. The summed E-state index contributed by atoms with van der Waals surface area (Å²) in [7, 11) is 1.63. The predicted octanol–water partition coefficient (Wildman–Crippen LogP) is 2.72. The Hall–Kier alpha value is -1.93.